The SMILES string of the molecule is FC(F)(F)c1ccc(CN2CCc3nnc(-c4ccccc4)n3CC2)cc1. The van der Waals surface area contributed by atoms with Gasteiger partial charge in [0, 0.05) is 38.2 Å². The van der Waals surface area contributed by atoms with Gasteiger partial charge in [-0.2, -0.15) is 13.2 Å². The van der Waals surface area contributed by atoms with Crippen molar-refractivity contribution in [2.24, 2.45) is 0 Å². The fourth-order valence-electron chi connectivity index (χ4n) is 3.38. The minimum absolute atomic E-state index is 0.610. The smallest absolute Gasteiger partial charge is 0.310 e. The van der Waals surface area contributed by atoms with E-state index in [9.17, 15) is 13.2 Å². The van der Waals surface area contributed by atoms with Crippen molar-refractivity contribution in [1.82, 2.24) is 19.7 Å². The Morgan fingerprint density at radius 2 is 1.59 bits per heavy atom. The topological polar surface area (TPSA) is 34.0 Å². The van der Waals surface area contributed by atoms with Crippen molar-refractivity contribution in [2.45, 2.75) is 25.7 Å². The van der Waals surface area contributed by atoms with Crippen LogP contribution in [0.5, 0.6) is 0 Å². The highest BCUT2D eigenvalue weighted by Crippen LogP contribution is 2.29. The summed E-state index contributed by atoms with van der Waals surface area (Å²) in [5.74, 6) is 1.81. The third-order valence-electron chi connectivity index (χ3n) is 4.84. The summed E-state index contributed by atoms with van der Waals surface area (Å²) >= 11 is 0. The molecule has 140 valence electrons. The van der Waals surface area contributed by atoms with Crippen LogP contribution in [0.4, 0.5) is 13.2 Å². The molecular weight excluding hydrogens is 353 g/mol. The molecule has 3 aromatic rings. The number of fused-ring (bicyclic) bond motifs is 1. The van der Waals surface area contributed by atoms with Crippen molar-refractivity contribution in [3.05, 3.63) is 71.5 Å². The van der Waals surface area contributed by atoms with Gasteiger partial charge in [0.2, 0.25) is 0 Å². The van der Waals surface area contributed by atoms with Gasteiger partial charge in [-0.3, -0.25) is 4.90 Å². The van der Waals surface area contributed by atoms with E-state index >= 15 is 0 Å². The van der Waals surface area contributed by atoms with Gasteiger partial charge in [0.15, 0.2) is 5.82 Å². The Hall–Kier alpha value is -2.67. The highest BCUT2D eigenvalue weighted by molar-refractivity contribution is 5.55. The number of rotatable bonds is 3. The van der Waals surface area contributed by atoms with Gasteiger partial charge < -0.3 is 4.57 Å². The van der Waals surface area contributed by atoms with Crippen LogP contribution in [0.15, 0.2) is 54.6 Å². The minimum atomic E-state index is -4.29. The molecule has 2 heterocycles. The zero-order chi connectivity index (χ0) is 18.9. The molecule has 27 heavy (non-hydrogen) atoms. The highest BCUT2D eigenvalue weighted by Gasteiger charge is 2.30. The van der Waals surface area contributed by atoms with Gasteiger partial charge in [0.05, 0.1) is 5.56 Å². The van der Waals surface area contributed by atoms with Crippen molar-refractivity contribution >= 4 is 0 Å². The van der Waals surface area contributed by atoms with Crippen LogP contribution < -0.4 is 0 Å². The number of aromatic nitrogens is 3. The van der Waals surface area contributed by atoms with Gasteiger partial charge in [0.1, 0.15) is 5.82 Å². The molecular formula is C20H19F3N4. The van der Waals surface area contributed by atoms with Gasteiger partial charge in [0.25, 0.3) is 0 Å². The van der Waals surface area contributed by atoms with Crippen molar-refractivity contribution in [2.75, 3.05) is 13.1 Å². The Balaban J connectivity index is 1.46. The van der Waals surface area contributed by atoms with Gasteiger partial charge in [-0.1, -0.05) is 42.5 Å². The maximum Gasteiger partial charge on any atom is 0.416 e. The summed E-state index contributed by atoms with van der Waals surface area (Å²) in [5, 5.41) is 8.67. The lowest BCUT2D eigenvalue weighted by Gasteiger charge is -2.20. The minimum Gasteiger partial charge on any atom is -0.310 e. The molecule has 0 fully saturated rings. The van der Waals surface area contributed by atoms with Crippen LogP contribution >= 0.6 is 0 Å². The van der Waals surface area contributed by atoms with Crippen molar-refractivity contribution < 1.29 is 13.2 Å². The molecule has 4 nitrogen and oxygen atoms in total. The summed E-state index contributed by atoms with van der Waals surface area (Å²) < 4.78 is 40.2. The third kappa shape index (κ3) is 3.88. The summed E-state index contributed by atoms with van der Waals surface area (Å²) in [6.07, 6.45) is -3.53. The average molecular weight is 372 g/mol. The van der Waals surface area contributed by atoms with E-state index in [0.717, 1.165) is 61.0 Å². The first-order valence-electron chi connectivity index (χ1n) is 8.87. The molecule has 0 amide bonds. The average Bonchev–Trinajstić information content (AvgIpc) is 2.97. The van der Waals surface area contributed by atoms with Crippen LogP contribution in [0.3, 0.4) is 0 Å². The first-order chi connectivity index (χ1) is 13.0. The van der Waals surface area contributed by atoms with Crippen LogP contribution in [0, 0.1) is 0 Å². The lowest BCUT2D eigenvalue weighted by Crippen LogP contribution is -2.26. The Morgan fingerprint density at radius 1 is 0.852 bits per heavy atom. The number of benzene rings is 2. The summed E-state index contributed by atoms with van der Waals surface area (Å²) in [5.41, 5.74) is 1.30. The molecule has 0 atom stereocenters. The normalized spacial score (nSPS) is 15.4. The van der Waals surface area contributed by atoms with Crippen LogP contribution in [0.25, 0.3) is 11.4 Å². The molecule has 2 aromatic carbocycles. The molecule has 1 aliphatic heterocycles. The predicted octanol–water partition coefficient (Wildman–Crippen LogP) is 4.02. The number of alkyl halides is 3. The van der Waals surface area contributed by atoms with E-state index < -0.39 is 11.7 Å². The highest BCUT2D eigenvalue weighted by atomic mass is 19.4. The zero-order valence-corrected chi connectivity index (χ0v) is 14.7. The molecule has 1 aliphatic rings. The van der Waals surface area contributed by atoms with Gasteiger partial charge >= 0.3 is 6.18 Å². The molecule has 4 rings (SSSR count). The number of hydrogen-bond donors (Lipinski definition) is 0. The summed E-state index contributed by atoms with van der Waals surface area (Å²) in [6.45, 7) is 2.98. The van der Waals surface area contributed by atoms with E-state index in [-0.39, 0.29) is 0 Å². The van der Waals surface area contributed by atoms with Crippen LogP contribution in [-0.4, -0.2) is 32.8 Å². The molecule has 1 aromatic heterocycles. The van der Waals surface area contributed by atoms with Crippen LogP contribution in [0.1, 0.15) is 17.0 Å². The van der Waals surface area contributed by atoms with E-state index in [0.29, 0.717) is 6.54 Å². The molecule has 7 heteroatoms. The third-order valence-corrected chi connectivity index (χ3v) is 4.84. The second-order valence-electron chi connectivity index (χ2n) is 6.68. The number of nitrogens with zero attached hydrogens (tertiary/aromatic N) is 4. The summed E-state index contributed by atoms with van der Waals surface area (Å²) in [7, 11) is 0. The molecule has 0 saturated carbocycles. The number of halogens is 3. The van der Waals surface area contributed by atoms with E-state index in [1.54, 1.807) is 12.1 Å². The lowest BCUT2D eigenvalue weighted by atomic mass is 10.1. The predicted molar refractivity (Wildman–Crippen MR) is 95.9 cm³/mol. The molecule has 0 unspecified atom stereocenters. The number of hydrogen-bond acceptors (Lipinski definition) is 3. The molecule has 0 spiro atoms. The maximum absolute atomic E-state index is 12.7. The first-order valence-corrected chi connectivity index (χ1v) is 8.87. The van der Waals surface area contributed by atoms with E-state index in [1.807, 2.05) is 30.3 Å². The van der Waals surface area contributed by atoms with Crippen molar-refractivity contribution in [3.63, 3.8) is 0 Å². The van der Waals surface area contributed by atoms with E-state index in [2.05, 4.69) is 19.7 Å². The second kappa shape index (κ2) is 7.15. The molecule has 0 bridgehead atoms. The second-order valence-corrected chi connectivity index (χ2v) is 6.68. The van der Waals surface area contributed by atoms with Crippen LogP contribution in [-0.2, 0) is 25.7 Å². The lowest BCUT2D eigenvalue weighted by molar-refractivity contribution is -0.137. The Bertz CT molecular complexity index is 901. The van der Waals surface area contributed by atoms with Gasteiger partial charge in [-0.25, -0.2) is 0 Å². The molecule has 0 radical (unpaired) electrons. The standard InChI is InChI=1S/C20H19F3N4/c21-20(22,23)17-8-6-15(7-9-17)14-26-11-10-18-24-25-19(27(18)13-12-26)16-4-2-1-3-5-16/h1-9H,10-14H2. The summed E-state index contributed by atoms with van der Waals surface area (Å²) in [6, 6.07) is 15.4. The molecule has 0 aliphatic carbocycles. The molecule has 0 saturated heterocycles. The quantitative estimate of drug-likeness (QED) is 0.696. The Labute approximate surface area is 155 Å². The largest absolute Gasteiger partial charge is 0.416 e. The zero-order valence-electron chi connectivity index (χ0n) is 14.7. The maximum atomic E-state index is 12.7. The Morgan fingerprint density at radius 3 is 2.30 bits per heavy atom. The molecule has 0 N–H and O–H groups in total. The van der Waals surface area contributed by atoms with Gasteiger partial charge in [-0.05, 0) is 17.7 Å². The first kappa shape index (κ1) is 17.7. The summed E-state index contributed by atoms with van der Waals surface area (Å²) in [4.78, 5) is 2.24. The monoisotopic (exact) mass is 372 g/mol. The fraction of sp³-hybridized carbons (Fsp3) is 0.300. The van der Waals surface area contributed by atoms with Crippen LogP contribution in [0.2, 0.25) is 0 Å². The fourth-order valence-corrected chi connectivity index (χ4v) is 3.38. The van der Waals surface area contributed by atoms with E-state index in [4.69, 9.17) is 0 Å². The van der Waals surface area contributed by atoms with Crippen molar-refractivity contribution in [3.8, 4) is 11.4 Å². The van der Waals surface area contributed by atoms with E-state index in [1.165, 1.54) is 0 Å². The van der Waals surface area contributed by atoms with Gasteiger partial charge in [-0.15, -0.1) is 10.2 Å². The van der Waals surface area contributed by atoms with Crippen molar-refractivity contribution in [1.29, 1.82) is 0 Å². The Kier molecular flexibility index (Phi) is 4.70.